The van der Waals surface area contributed by atoms with E-state index in [2.05, 4.69) is 207 Å². The first-order valence-electron chi connectivity index (χ1n) is 24.6. The smallest absolute Gasteiger partial charge is 0.187 e. The molecule has 346 valence electrons. The third-order valence-corrected chi connectivity index (χ3v) is 14.1. The second-order valence-electron chi connectivity index (χ2n) is 20.8. The van der Waals surface area contributed by atoms with Crippen LogP contribution in [-0.2, 0) is 10.8 Å². The van der Waals surface area contributed by atoms with Crippen molar-refractivity contribution in [3.05, 3.63) is 229 Å². The first-order valence-corrected chi connectivity index (χ1v) is 24.6. The van der Waals surface area contributed by atoms with Crippen LogP contribution in [0.2, 0.25) is 0 Å². The van der Waals surface area contributed by atoms with Crippen LogP contribution in [0.5, 0.6) is 0 Å². The van der Waals surface area contributed by atoms with E-state index in [-0.39, 0.29) is 10.8 Å². The van der Waals surface area contributed by atoms with E-state index in [1.54, 1.807) is 0 Å². The fraction of sp³-hybridized carbons (Fsp3) is 0.121. The summed E-state index contributed by atoms with van der Waals surface area (Å²) in [5.74, 6) is 1.74. The second kappa shape index (κ2) is 17.2. The summed E-state index contributed by atoms with van der Waals surface area (Å²) in [7, 11) is 0. The van der Waals surface area contributed by atoms with Gasteiger partial charge in [0.1, 0.15) is 0 Å². The molecular formula is C66H52N6. The van der Waals surface area contributed by atoms with Crippen molar-refractivity contribution in [3.63, 3.8) is 0 Å². The standard InChI is InChI=1S/C66H52N6/c1-65(2,3)46-30-35-59-55(39-46)50-25-14-16-27-57(50)71(59)49-32-33-52(64-69-62(42-19-10-8-11-20-42)68-63(70-64)43-21-12-9-13-22-43)53(41-49)54-38-45(44-23-18-24-48(37-44)67-7)29-34-60(54)72-58-28-17-15-26-51(58)56-40-47(66(4,5)6)31-36-61(56)72/h8-41H,1-6H3. The lowest BCUT2D eigenvalue weighted by molar-refractivity contribution is 0.591. The highest BCUT2D eigenvalue weighted by atomic mass is 15.0. The van der Waals surface area contributed by atoms with E-state index in [1.807, 2.05) is 54.6 Å². The average Bonchev–Trinajstić information content (AvgIpc) is 3.92. The molecule has 72 heavy (non-hydrogen) atoms. The van der Waals surface area contributed by atoms with E-state index in [0.29, 0.717) is 23.2 Å². The van der Waals surface area contributed by atoms with Gasteiger partial charge in [0.2, 0.25) is 0 Å². The average molecular weight is 929 g/mol. The molecule has 0 aliphatic heterocycles. The molecule has 12 rings (SSSR count). The monoisotopic (exact) mass is 928 g/mol. The Balaban J connectivity index is 1.21. The van der Waals surface area contributed by atoms with E-state index in [9.17, 15) is 0 Å². The lowest BCUT2D eigenvalue weighted by atomic mass is 9.86. The third-order valence-electron chi connectivity index (χ3n) is 14.1. The quantitative estimate of drug-likeness (QED) is 0.150. The van der Waals surface area contributed by atoms with E-state index in [0.717, 1.165) is 72.4 Å². The molecule has 12 aromatic rings. The van der Waals surface area contributed by atoms with Crippen LogP contribution >= 0.6 is 0 Å². The molecule has 0 radical (unpaired) electrons. The molecule has 0 saturated carbocycles. The van der Waals surface area contributed by atoms with Gasteiger partial charge in [-0.1, -0.05) is 175 Å². The summed E-state index contributed by atoms with van der Waals surface area (Å²) in [6.07, 6.45) is 0. The highest BCUT2D eigenvalue weighted by Gasteiger charge is 2.25. The summed E-state index contributed by atoms with van der Waals surface area (Å²) in [6.45, 7) is 21.6. The van der Waals surface area contributed by atoms with E-state index < -0.39 is 0 Å². The fourth-order valence-corrected chi connectivity index (χ4v) is 10.3. The fourth-order valence-electron chi connectivity index (χ4n) is 10.3. The van der Waals surface area contributed by atoms with Crippen molar-refractivity contribution in [2.45, 2.75) is 52.4 Å². The maximum absolute atomic E-state index is 7.95. The molecule has 0 amide bonds. The van der Waals surface area contributed by atoms with Crippen LogP contribution < -0.4 is 0 Å². The van der Waals surface area contributed by atoms with Crippen molar-refractivity contribution in [3.8, 4) is 67.8 Å². The molecule has 0 atom stereocenters. The predicted molar refractivity (Wildman–Crippen MR) is 299 cm³/mol. The summed E-state index contributed by atoms with van der Waals surface area (Å²) in [5.41, 5.74) is 16.1. The number of hydrogen-bond donors (Lipinski definition) is 0. The van der Waals surface area contributed by atoms with Crippen molar-refractivity contribution < 1.29 is 0 Å². The number of nitrogens with zero attached hydrogens (tertiary/aromatic N) is 6. The first-order chi connectivity index (χ1) is 34.9. The Kier molecular flexibility index (Phi) is 10.6. The summed E-state index contributed by atoms with van der Waals surface area (Å²) < 4.78 is 4.83. The topological polar surface area (TPSA) is 52.9 Å². The maximum Gasteiger partial charge on any atom is 0.187 e. The van der Waals surface area contributed by atoms with Crippen LogP contribution in [0.1, 0.15) is 52.7 Å². The predicted octanol–water partition coefficient (Wildman–Crippen LogP) is 17.5. The number of benzene rings is 9. The molecule has 0 unspecified atom stereocenters. The minimum Gasteiger partial charge on any atom is -0.309 e. The van der Waals surface area contributed by atoms with Gasteiger partial charge in [-0.05, 0) is 111 Å². The van der Waals surface area contributed by atoms with Crippen molar-refractivity contribution in [1.82, 2.24) is 24.1 Å². The Morgan fingerprint density at radius 3 is 1.44 bits per heavy atom. The zero-order valence-electron chi connectivity index (χ0n) is 41.3. The van der Waals surface area contributed by atoms with Gasteiger partial charge in [0, 0.05) is 49.5 Å². The molecule has 0 aliphatic carbocycles. The molecule has 6 heteroatoms. The van der Waals surface area contributed by atoms with Crippen LogP contribution in [0.3, 0.4) is 0 Å². The van der Waals surface area contributed by atoms with Gasteiger partial charge in [-0.3, -0.25) is 0 Å². The molecule has 0 spiro atoms. The van der Waals surface area contributed by atoms with Crippen LogP contribution in [0.4, 0.5) is 5.69 Å². The zero-order valence-corrected chi connectivity index (χ0v) is 41.3. The summed E-state index contributed by atoms with van der Waals surface area (Å²) in [6, 6.07) is 73.1. The van der Waals surface area contributed by atoms with Crippen molar-refractivity contribution in [2.75, 3.05) is 0 Å². The molecule has 6 nitrogen and oxygen atoms in total. The summed E-state index contributed by atoms with van der Waals surface area (Å²) >= 11 is 0. The lowest BCUT2D eigenvalue weighted by Gasteiger charge is -2.21. The maximum atomic E-state index is 7.95. The van der Waals surface area contributed by atoms with Crippen molar-refractivity contribution >= 4 is 49.3 Å². The number of hydrogen-bond acceptors (Lipinski definition) is 3. The molecule has 0 aliphatic rings. The van der Waals surface area contributed by atoms with E-state index >= 15 is 0 Å². The van der Waals surface area contributed by atoms with Gasteiger partial charge in [-0.2, -0.15) is 0 Å². The molecule has 3 aromatic heterocycles. The minimum atomic E-state index is -0.0394. The van der Waals surface area contributed by atoms with Gasteiger partial charge in [0.25, 0.3) is 0 Å². The van der Waals surface area contributed by atoms with Crippen LogP contribution in [0.25, 0.3) is 116 Å². The van der Waals surface area contributed by atoms with Crippen LogP contribution in [0, 0.1) is 6.57 Å². The molecule has 0 fully saturated rings. The minimum absolute atomic E-state index is 0.0230. The molecule has 0 N–H and O–H groups in total. The Hall–Kier alpha value is -8.92. The Labute approximate surface area is 420 Å². The van der Waals surface area contributed by atoms with Gasteiger partial charge in [0.05, 0.1) is 34.3 Å². The Morgan fingerprint density at radius 1 is 0.361 bits per heavy atom. The van der Waals surface area contributed by atoms with Gasteiger partial charge in [0.15, 0.2) is 23.2 Å². The SMILES string of the molecule is [C-]#[N+]c1cccc(-c2ccc(-n3c4ccccc4c4cc(C(C)(C)C)ccc43)c(-c3cc(-n4c5ccccc5c5cc(C(C)(C)C)ccc54)ccc3-c3nc(-c4ccccc4)nc(-c4ccccc4)n3)c2)c1. The molecule has 3 heterocycles. The molecule has 9 aromatic carbocycles. The van der Waals surface area contributed by atoms with Gasteiger partial charge < -0.3 is 9.13 Å². The molecule has 0 saturated heterocycles. The van der Waals surface area contributed by atoms with Crippen molar-refractivity contribution in [2.24, 2.45) is 0 Å². The zero-order chi connectivity index (χ0) is 49.3. The van der Waals surface area contributed by atoms with Crippen LogP contribution in [-0.4, -0.2) is 24.1 Å². The van der Waals surface area contributed by atoms with E-state index in [4.69, 9.17) is 21.5 Å². The number of rotatable bonds is 7. The van der Waals surface area contributed by atoms with Gasteiger partial charge in [-0.25, -0.2) is 19.8 Å². The van der Waals surface area contributed by atoms with Crippen molar-refractivity contribution in [1.29, 1.82) is 0 Å². The highest BCUT2D eigenvalue weighted by Crippen LogP contribution is 2.45. The molecular weight excluding hydrogens is 877 g/mol. The summed E-state index contributed by atoms with van der Waals surface area (Å²) in [4.78, 5) is 19.7. The number of aromatic nitrogens is 5. The lowest BCUT2D eigenvalue weighted by Crippen LogP contribution is -2.10. The highest BCUT2D eigenvalue weighted by molar-refractivity contribution is 6.11. The van der Waals surface area contributed by atoms with Crippen LogP contribution in [0.15, 0.2) is 206 Å². The van der Waals surface area contributed by atoms with Gasteiger partial charge in [-0.15, -0.1) is 0 Å². The van der Waals surface area contributed by atoms with E-state index in [1.165, 1.54) is 32.7 Å². The summed E-state index contributed by atoms with van der Waals surface area (Å²) in [5, 5.41) is 4.79. The molecule has 0 bridgehead atoms. The number of para-hydroxylation sites is 2. The van der Waals surface area contributed by atoms with Gasteiger partial charge >= 0.3 is 0 Å². The number of fused-ring (bicyclic) bond motifs is 6. The first kappa shape index (κ1) is 44.3. The normalized spacial score (nSPS) is 12.0. The Morgan fingerprint density at radius 2 is 0.861 bits per heavy atom. The Bertz CT molecular complexity index is 4060. The third kappa shape index (κ3) is 7.71. The second-order valence-corrected chi connectivity index (χ2v) is 20.8. The largest absolute Gasteiger partial charge is 0.309 e.